The van der Waals surface area contributed by atoms with Crippen molar-refractivity contribution in [3.63, 3.8) is 0 Å². The number of ether oxygens (including phenoxy) is 2. The number of benzene rings is 2. The van der Waals surface area contributed by atoms with E-state index >= 15 is 0 Å². The Bertz CT molecular complexity index is 1030. The number of nitrogens with one attached hydrogen (secondary N) is 2. The summed E-state index contributed by atoms with van der Waals surface area (Å²) in [5.41, 5.74) is 2.93. The molecule has 28 heavy (non-hydrogen) atoms. The molecule has 0 saturated carbocycles. The summed E-state index contributed by atoms with van der Waals surface area (Å²) >= 11 is 0. The summed E-state index contributed by atoms with van der Waals surface area (Å²) in [7, 11) is 3.13. The fourth-order valence-electron chi connectivity index (χ4n) is 3.55. The largest absolute Gasteiger partial charge is 0.504 e. The van der Waals surface area contributed by atoms with E-state index in [1.165, 1.54) is 7.11 Å². The highest BCUT2D eigenvalue weighted by molar-refractivity contribution is 5.94. The molecule has 0 radical (unpaired) electrons. The van der Waals surface area contributed by atoms with E-state index in [-0.39, 0.29) is 17.6 Å². The van der Waals surface area contributed by atoms with Crippen LogP contribution in [-0.4, -0.2) is 41.7 Å². The quantitative estimate of drug-likeness (QED) is 0.648. The Balaban J connectivity index is 1.71. The van der Waals surface area contributed by atoms with E-state index in [4.69, 9.17) is 9.47 Å². The number of amides is 1. The minimum absolute atomic E-state index is 0.0494. The van der Waals surface area contributed by atoms with Crippen LogP contribution in [0.2, 0.25) is 0 Å². The van der Waals surface area contributed by atoms with Crippen molar-refractivity contribution in [2.75, 3.05) is 20.8 Å². The Morgan fingerprint density at radius 1 is 1.11 bits per heavy atom. The molecule has 7 nitrogen and oxygen atoms in total. The fourth-order valence-corrected chi connectivity index (χ4v) is 3.55. The molecular weight excluding hydrogens is 358 g/mol. The Morgan fingerprint density at radius 3 is 2.68 bits per heavy atom. The number of methoxy groups -OCH3 is 2. The number of hydrogen-bond donors (Lipinski definition) is 3. The van der Waals surface area contributed by atoms with Crippen molar-refractivity contribution in [1.29, 1.82) is 0 Å². The monoisotopic (exact) mass is 379 g/mol. The van der Waals surface area contributed by atoms with Crippen molar-refractivity contribution in [3.8, 4) is 28.6 Å². The lowest BCUT2D eigenvalue weighted by molar-refractivity contribution is 0.0950. The van der Waals surface area contributed by atoms with Crippen LogP contribution in [0.4, 0.5) is 0 Å². The van der Waals surface area contributed by atoms with Gasteiger partial charge in [0, 0.05) is 23.7 Å². The van der Waals surface area contributed by atoms with E-state index in [0.717, 1.165) is 22.6 Å². The Labute approximate surface area is 162 Å². The lowest BCUT2D eigenvalue weighted by Gasteiger charge is -2.17. The Kier molecular flexibility index (Phi) is 4.65. The smallest absolute Gasteiger partial charge is 0.271 e. The molecule has 3 N–H and O–H groups in total. The van der Waals surface area contributed by atoms with Crippen molar-refractivity contribution < 1.29 is 19.4 Å². The maximum Gasteiger partial charge on any atom is 0.271 e. The number of nitrogens with zero attached hydrogens (tertiary/aromatic N) is 1. The van der Waals surface area contributed by atoms with Crippen LogP contribution in [0.1, 0.15) is 27.7 Å². The molecule has 3 aromatic rings. The summed E-state index contributed by atoms with van der Waals surface area (Å²) in [4.78, 5) is 20.3. The van der Waals surface area contributed by atoms with E-state index in [1.54, 1.807) is 25.3 Å². The topological polar surface area (TPSA) is 96.5 Å². The summed E-state index contributed by atoms with van der Waals surface area (Å²) in [6, 6.07) is 12.8. The van der Waals surface area contributed by atoms with Crippen molar-refractivity contribution >= 4 is 5.91 Å². The number of carbonyl (C=O) groups is 1. The van der Waals surface area contributed by atoms with Gasteiger partial charge in [-0.25, -0.2) is 4.98 Å². The summed E-state index contributed by atoms with van der Waals surface area (Å²) in [5, 5.41) is 12.8. The molecule has 1 unspecified atom stereocenters. The first kappa shape index (κ1) is 17.9. The minimum Gasteiger partial charge on any atom is -0.504 e. The van der Waals surface area contributed by atoms with Crippen molar-refractivity contribution in [2.45, 2.75) is 12.3 Å². The maximum absolute atomic E-state index is 12.6. The molecule has 2 aromatic carbocycles. The van der Waals surface area contributed by atoms with E-state index in [0.29, 0.717) is 30.2 Å². The molecule has 1 aliphatic rings. The molecular formula is C21H21N3O4. The summed E-state index contributed by atoms with van der Waals surface area (Å²) < 4.78 is 10.7. The standard InChI is InChI=1S/C21H21N3O4/c1-27-17-6-4-3-5-14(17)13-9-15-19(21(26)22-11-13)24-20(23-15)12-7-8-16(25)18(10-12)28-2/h3-8,10,13,25H,9,11H2,1-2H3,(H,22,26)(H,23,24). The van der Waals surface area contributed by atoms with Gasteiger partial charge in [0.2, 0.25) is 0 Å². The fraction of sp³-hybridized carbons (Fsp3) is 0.238. The number of phenolic OH excluding ortho intramolecular Hbond substituents is 1. The van der Waals surface area contributed by atoms with Crippen LogP contribution in [0.5, 0.6) is 17.2 Å². The van der Waals surface area contributed by atoms with Crippen molar-refractivity contribution in [1.82, 2.24) is 15.3 Å². The van der Waals surface area contributed by atoms with Gasteiger partial charge >= 0.3 is 0 Å². The van der Waals surface area contributed by atoms with Crippen LogP contribution in [0, 0.1) is 0 Å². The summed E-state index contributed by atoms with van der Waals surface area (Å²) in [6.45, 7) is 0.506. The normalized spacial score (nSPS) is 16.1. The van der Waals surface area contributed by atoms with Crippen LogP contribution in [0.3, 0.4) is 0 Å². The second-order valence-electron chi connectivity index (χ2n) is 6.65. The lowest BCUT2D eigenvalue weighted by atomic mass is 9.93. The maximum atomic E-state index is 12.6. The average Bonchev–Trinajstić information content (AvgIpc) is 3.08. The minimum atomic E-state index is -0.208. The third-order valence-corrected chi connectivity index (χ3v) is 4.99. The SMILES string of the molecule is COc1cc(-c2nc3c([nH]2)CC(c2ccccc2OC)CNC3=O)ccc1O. The van der Waals surface area contributed by atoms with E-state index < -0.39 is 0 Å². The van der Waals surface area contributed by atoms with Gasteiger partial charge in [-0.2, -0.15) is 0 Å². The molecule has 0 aliphatic carbocycles. The van der Waals surface area contributed by atoms with E-state index in [1.807, 2.05) is 24.3 Å². The van der Waals surface area contributed by atoms with Crippen LogP contribution in [-0.2, 0) is 6.42 Å². The number of hydrogen-bond acceptors (Lipinski definition) is 5. The van der Waals surface area contributed by atoms with Crippen LogP contribution in [0.15, 0.2) is 42.5 Å². The molecule has 1 aromatic heterocycles. The molecule has 144 valence electrons. The van der Waals surface area contributed by atoms with E-state index in [2.05, 4.69) is 15.3 Å². The molecule has 0 bridgehead atoms. The van der Waals surface area contributed by atoms with Crippen LogP contribution >= 0.6 is 0 Å². The molecule has 0 saturated heterocycles. The zero-order valence-corrected chi connectivity index (χ0v) is 15.7. The molecule has 7 heteroatoms. The molecule has 0 spiro atoms. The first-order valence-electron chi connectivity index (χ1n) is 8.98. The second-order valence-corrected chi connectivity index (χ2v) is 6.65. The van der Waals surface area contributed by atoms with E-state index in [9.17, 15) is 9.90 Å². The third kappa shape index (κ3) is 3.15. The van der Waals surface area contributed by atoms with Gasteiger partial charge in [-0.05, 0) is 36.2 Å². The Morgan fingerprint density at radius 2 is 1.89 bits per heavy atom. The Hall–Kier alpha value is -3.48. The number of H-pyrrole nitrogens is 1. The number of imidazole rings is 1. The van der Waals surface area contributed by atoms with Crippen LogP contribution in [0.25, 0.3) is 11.4 Å². The van der Waals surface area contributed by atoms with Gasteiger partial charge in [-0.15, -0.1) is 0 Å². The zero-order valence-electron chi connectivity index (χ0n) is 15.7. The second kappa shape index (κ2) is 7.26. The number of carbonyl (C=O) groups excluding carboxylic acids is 1. The first-order valence-corrected chi connectivity index (χ1v) is 8.98. The van der Waals surface area contributed by atoms with Crippen molar-refractivity contribution in [2.24, 2.45) is 0 Å². The number of rotatable bonds is 4. The highest BCUT2D eigenvalue weighted by Gasteiger charge is 2.28. The molecule has 0 fully saturated rings. The average molecular weight is 379 g/mol. The van der Waals surface area contributed by atoms with Gasteiger partial charge in [-0.1, -0.05) is 18.2 Å². The summed E-state index contributed by atoms with van der Waals surface area (Å²) in [5.74, 6) is 1.60. The zero-order chi connectivity index (χ0) is 19.7. The molecule has 4 rings (SSSR count). The molecule has 1 aliphatic heterocycles. The number of aromatic amines is 1. The van der Waals surface area contributed by atoms with Crippen LogP contribution < -0.4 is 14.8 Å². The van der Waals surface area contributed by atoms with Gasteiger partial charge in [-0.3, -0.25) is 4.79 Å². The highest BCUT2D eigenvalue weighted by atomic mass is 16.5. The number of aromatic hydroxyl groups is 1. The van der Waals surface area contributed by atoms with Crippen molar-refractivity contribution in [3.05, 3.63) is 59.4 Å². The third-order valence-electron chi connectivity index (χ3n) is 4.99. The predicted molar refractivity (Wildman–Crippen MR) is 104 cm³/mol. The highest BCUT2D eigenvalue weighted by Crippen LogP contribution is 2.33. The summed E-state index contributed by atoms with van der Waals surface area (Å²) in [6.07, 6.45) is 0.622. The predicted octanol–water partition coefficient (Wildman–Crippen LogP) is 2.87. The number of para-hydroxylation sites is 1. The van der Waals surface area contributed by atoms with Gasteiger partial charge in [0.1, 0.15) is 17.3 Å². The first-order chi connectivity index (χ1) is 13.6. The molecule has 1 atom stereocenters. The van der Waals surface area contributed by atoms with Gasteiger partial charge < -0.3 is 24.9 Å². The van der Waals surface area contributed by atoms with Gasteiger partial charge in [0.25, 0.3) is 5.91 Å². The number of phenols is 1. The molecule has 2 heterocycles. The number of aromatic nitrogens is 2. The van der Waals surface area contributed by atoms with Gasteiger partial charge in [0.05, 0.1) is 14.2 Å². The molecule has 1 amide bonds. The van der Waals surface area contributed by atoms with Gasteiger partial charge in [0.15, 0.2) is 11.5 Å². The lowest BCUT2D eigenvalue weighted by Crippen LogP contribution is -2.26. The number of fused-ring (bicyclic) bond motifs is 1.